The molecule has 1 aliphatic heterocycles. The molecule has 1 heterocycles. The van der Waals surface area contributed by atoms with Crippen LogP contribution in [0.4, 0.5) is 5.69 Å². The van der Waals surface area contributed by atoms with Crippen molar-refractivity contribution in [3.05, 3.63) is 89.5 Å². The standard InChI is InChI=1S/C24H19NO4/c1-25-21-12-11-17(13-18(21)14-23(25)27)22(26)15-29-24(28)20-10-6-5-9-19(20)16-7-3-2-4-8-16/h2-13H,14-15H2,1H3. The molecule has 0 saturated heterocycles. The van der Waals surface area contributed by atoms with Crippen LogP contribution in [0, 0.1) is 0 Å². The molecule has 0 saturated carbocycles. The van der Waals surface area contributed by atoms with Crippen molar-refractivity contribution in [2.24, 2.45) is 0 Å². The smallest absolute Gasteiger partial charge is 0.339 e. The van der Waals surface area contributed by atoms with Crippen LogP contribution in [-0.2, 0) is 16.0 Å². The van der Waals surface area contributed by atoms with E-state index in [1.165, 1.54) is 0 Å². The number of carbonyl (C=O) groups is 3. The number of Topliss-reactive ketones (excluding diaryl/α,β-unsaturated/α-hetero) is 1. The largest absolute Gasteiger partial charge is 0.454 e. The molecule has 0 aliphatic carbocycles. The van der Waals surface area contributed by atoms with Gasteiger partial charge >= 0.3 is 5.97 Å². The van der Waals surface area contributed by atoms with Crippen molar-refractivity contribution in [3.8, 4) is 11.1 Å². The lowest BCUT2D eigenvalue weighted by molar-refractivity contribution is -0.117. The summed E-state index contributed by atoms with van der Waals surface area (Å²) >= 11 is 0. The summed E-state index contributed by atoms with van der Waals surface area (Å²) in [7, 11) is 1.71. The third-order valence-corrected chi connectivity index (χ3v) is 5.04. The van der Waals surface area contributed by atoms with Gasteiger partial charge in [-0.05, 0) is 41.0 Å². The predicted molar refractivity (Wildman–Crippen MR) is 110 cm³/mol. The van der Waals surface area contributed by atoms with E-state index in [-0.39, 0.29) is 24.7 Å². The van der Waals surface area contributed by atoms with Gasteiger partial charge in [-0.3, -0.25) is 9.59 Å². The zero-order valence-electron chi connectivity index (χ0n) is 15.9. The fourth-order valence-electron chi connectivity index (χ4n) is 3.47. The third-order valence-electron chi connectivity index (χ3n) is 5.04. The van der Waals surface area contributed by atoms with Gasteiger partial charge in [0.1, 0.15) is 0 Å². The number of anilines is 1. The number of hydrogen-bond donors (Lipinski definition) is 0. The first-order valence-electron chi connectivity index (χ1n) is 9.29. The van der Waals surface area contributed by atoms with Crippen molar-refractivity contribution < 1.29 is 19.1 Å². The fourth-order valence-corrected chi connectivity index (χ4v) is 3.47. The molecule has 29 heavy (non-hydrogen) atoms. The van der Waals surface area contributed by atoms with Crippen molar-refractivity contribution in [1.82, 2.24) is 0 Å². The zero-order valence-corrected chi connectivity index (χ0v) is 15.9. The molecular weight excluding hydrogens is 366 g/mol. The number of fused-ring (bicyclic) bond motifs is 1. The Morgan fingerprint density at radius 3 is 2.48 bits per heavy atom. The molecule has 0 bridgehead atoms. The van der Waals surface area contributed by atoms with Crippen LogP contribution in [0.1, 0.15) is 26.3 Å². The van der Waals surface area contributed by atoms with Gasteiger partial charge in [-0.15, -0.1) is 0 Å². The lowest BCUT2D eigenvalue weighted by Gasteiger charge is -2.11. The number of amides is 1. The molecule has 3 aromatic rings. The summed E-state index contributed by atoms with van der Waals surface area (Å²) < 4.78 is 5.30. The van der Waals surface area contributed by atoms with Gasteiger partial charge in [0.25, 0.3) is 0 Å². The van der Waals surface area contributed by atoms with Crippen LogP contribution in [0.3, 0.4) is 0 Å². The van der Waals surface area contributed by atoms with Crippen LogP contribution in [0.2, 0.25) is 0 Å². The lowest BCUT2D eigenvalue weighted by atomic mass is 10.00. The quantitative estimate of drug-likeness (QED) is 0.493. The van der Waals surface area contributed by atoms with Crippen molar-refractivity contribution in [3.63, 3.8) is 0 Å². The maximum absolute atomic E-state index is 12.6. The number of rotatable bonds is 5. The summed E-state index contributed by atoms with van der Waals surface area (Å²) in [5.41, 5.74) is 4.11. The van der Waals surface area contributed by atoms with Crippen LogP contribution in [0.5, 0.6) is 0 Å². The molecule has 144 valence electrons. The van der Waals surface area contributed by atoms with E-state index in [9.17, 15) is 14.4 Å². The summed E-state index contributed by atoms with van der Waals surface area (Å²) in [5.74, 6) is -0.859. The Morgan fingerprint density at radius 2 is 1.69 bits per heavy atom. The molecule has 5 nitrogen and oxygen atoms in total. The lowest BCUT2D eigenvalue weighted by Crippen LogP contribution is -2.20. The predicted octanol–water partition coefficient (Wildman–Crippen LogP) is 3.91. The number of ether oxygens (including phenoxy) is 1. The fraction of sp³-hybridized carbons (Fsp3) is 0.125. The molecule has 0 spiro atoms. The number of likely N-dealkylation sites (N-methyl/N-ethyl adjacent to an activating group) is 1. The van der Waals surface area contributed by atoms with Crippen molar-refractivity contribution in [1.29, 1.82) is 0 Å². The summed E-state index contributed by atoms with van der Waals surface area (Å²) in [5, 5.41) is 0. The molecule has 5 heteroatoms. The number of ketones is 1. The summed E-state index contributed by atoms with van der Waals surface area (Å²) in [6, 6.07) is 21.8. The van der Waals surface area contributed by atoms with E-state index >= 15 is 0 Å². The Hall–Kier alpha value is -3.73. The van der Waals surface area contributed by atoms with E-state index in [1.54, 1.807) is 42.3 Å². The van der Waals surface area contributed by atoms with Gasteiger partial charge in [0.05, 0.1) is 12.0 Å². The SMILES string of the molecule is CN1C(=O)Cc2cc(C(=O)COC(=O)c3ccccc3-c3ccccc3)ccc21. The van der Waals surface area contributed by atoms with Crippen LogP contribution in [-0.4, -0.2) is 31.3 Å². The van der Waals surface area contributed by atoms with Gasteiger partial charge < -0.3 is 9.64 Å². The number of carbonyl (C=O) groups excluding carboxylic acids is 3. The number of benzene rings is 3. The van der Waals surface area contributed by atoms with Crippen LogP contribution >= 0.6 is 0 Å². The van der Waals surface area contributed by atoms with E-state index in [1.807, 2.05) is 42.5 Å². The molecular formula is C24H19NO4. The van der Waals surface area contributed by atoms with Crippen molar-refractivity contribution in [2.45, 2.75) is 6.42 Å². The maximum atomic E-state index is 12.6. The number of nitrogens with zero attached hydrogens (tertiary/aromatic N) is 1. The summed E-state index contributed by atoms with van der Waals surface area (Å²) in [6.07, 6.45) is 0.275. The van der Waals surface area contributed by atoms with Gasteiger partial charge in [-0.1, -0.05) is 48.5 Å². The molecule has 0 fully saturated rings. The Balaban J connectivity index is 1.48. The molecule has 0 aromatic heterocycles. The highest BCUT2D eigenvalue weighted by atomic mass is 16.5. The first-order valence-corrected chi connectivity index (χ1v) is 9.29. The Morgan fingerprint density at radius 1 is 0.966 bits per heavy atom. The monoisotopic (exact) mass is 385 g/mol. The minimum absolute atomic E-state index is 0.00598. The minimum Gasteiger partial charge on any atom is -0.454 e. The molecule has 1 amide bonds. The van der Waals surface area contributed by atoms with E-state index < -0.39 is 5.97 Å². The molecule has 3 aromatic carbocycles. The second-order valence-corrected chi connectivity index (χ2v) is 6.88. The number of esters is 1. The average Bonchev–Trinajstić information content (AvgIpc) is 3.05. The van der Waals surface area contributed by atoms with Gasteiger partial charge in [-0.25, -0.2) is 4.79 Å². The van der Waals surface area contributed by atoms with E-state index in [0.717, 1.165) is 22.4 Å². The van der Waals surface area contributed by atoms with Gasteiger partial charge in [-0.2, -0.15) is 0 Å². The Labute approximate surface area is 168 Å². The Bertz CT molecular complexity index is 1100. The number of hydrogen-bond acceptors (Lipinski definition) is 4. The molecule has 0 radical (unpaired) electrons. The maximum Gasteiger partial charge on any atom is 0.339 e. The van der Waals surface area contributed by atoms with E-state index in [0.29, 0.717) is 11.1 Å². The third kappa shape index (κ3) is 3.67. The summed E-state index contributed by atoms with van der Waals surface area (Å²) in [4.78, 5) is 38.5. The van der Waals surface area contributed by atoms with Crippen molar-refractivity contribution >= 4 is 23.3 Å². The van der Waals surface area contributed by atoms with Crippen LogP contribution < -0.4 is 4.90 Å². The van der Waals surface area contributed by atoms with Crippen molar-refractivity contribution in [2.75, 3.05) is 18.6 Å². The zero-order chi connectivity index (χ0) is 20.4. The Kier molecular flexibility index (Phi) is 4.96. The van der Waals surface area contributed by atoms with Crippen LogP contribution in [0.15, 0.2) is 72.8 Å². The van der Waals surface area contributed by atoms with E-state index in [2.05, 4.69) is 0 Å². The molecule has 0 N–H and O–H groups in total. The molecule has 1 aliphatic rings. The van der Waals surface area contributed by atoms with E-state index in [4.69, 9.17) is 4.74 Å². The average molecular weight is 385 g/mol. The molecule has 0 unspecified atom stereocenters. The second kappa shape index (κ2) is 7.72. The van der Waals surface area contributed by atoms with Gasteiger partial charge in [0, 0.05) is 18.3 Å². The highest BCUT2D eigenvalue weighted by Crippen LogP contribution is 2.28. The minimum atomic E-state index is -0.547. The molecule has 0 atom stereocenters. The highest BCUT2D eigenvalue weighted by Gasteiger charge is 2.25. The normalized spacial score (nSPS) is 12.6. The first-order chi connectivity index (χ1) is 14.0. The molecule has 4 rings (SSSR count). The topological polar surface area (TPSA) is 63.7 Å². The second-order valence-electron chi connectivity index (χ2n) is 6.88. The van der Waals surface area contributed by atoms with Crippen LogP contribution in [0.25, 0.3) is 11.1 Å². The van der Waals surface area contributed by atoms with Gasteiger partial charge in [0.15, 0.2) is 12.4 Å². The summed E-state index contributed by atoms with van der Waals surface area (Å²) in [6.45, 7) is -0.357. The highest BCUT2D eigenvalue weighted by molar-refractivity contribution is 6.04. The first kappa shape index (κ1) is 18.6. The van der Waals surface area contributed by atoms with Gasteiger partial charge in [0.2, 0.25) is 5.91 Å².